The Hall–Kier alpha value is -2.06. The first kappa shape index (κ1) is 12.0. The third kappa shape index (κ3) is 2.15. The maximum absolute atomic E-state index is 5.38. The van der Waals surface area contributed by atoms with Gasteiger partial charge in [-0.15, -0.1) is 0 Å². The standard InChI is InChI=1S/C14H16N4O/c1-3-4-12-10-18-11(2)9-15-13(14(18)16-12)17-5-7-19-8-6-17/h9-10H,5-8H2,1-2H3. The molecule has 3 heterocycles. The zero-order valence-electron chi connectivity index (χ0n) is 11.2. The maximum atomic E-state index is 5.38. The number of rotatable bonds is 1. The van der Waals surface area contributed by atoms with Crippen molar-refractivity contribution in [1.82, 2.24) is 14.4 Å². The molecule has 1 aliphatic heterocycles. The number of fused-ring (bicyclic) bond motifs is 1. The molecule has 98 valence electrons. The van der Waals surface area contributed by atoms with Gasteiger partial charge in [0.2, 0.25) is 0 Å². The summed E-state index contributed by atoms with van der Waals surface area (Å²) in [6.45, 7) is 7.03. The predicted octanol–water partition coefficient (Wildman–Crippen LogP) is 1.25. The summed E-state index contributed by atoms with van der Waals surface area (Å²) in [7, 11) is 0. The summed E-state index contributed by atoms with van der Waals surface area (Å²) in [6.07, 6.45) is 3.84. The number of morpholine rings is 1. The van der Waals surface area contributed by atoms with Gasteiger partial charge in [0.25, 0.3) is 0 Å². The highest BCUT2D eigenvalue weighted by atomic mass is 16.5. The fourth-order valence-corrected chi connectivity index (χ4v) is 2.27. The lowest BCUT2D eigenvalue weighted by molar-refractivity contribution is 0.122. The van der Waals surface area contributed by atoms with Crippen LogP contribution in [0.1, 0.15) is 18.3 Å². The minimum atomic E-state index is 0.740. The second-order valence-electron chi connectivity index (χ2n) is 4.52. The fraction of sp³-hybridized carbons (Fsp3) is 0.429. The van der Waals surface area contributed by atoms with Crippen LogP contribution in [-0.2, 0) is 4.74 Å². The largest absolute Gasteiger partial charge is 0.378 e. The molecule has 0 bridgehead atoms. The zero-order valence-corrected chi connectivity index (χ0v) is 11.2. The number of hydrogen-bond acceptors (Lipinski definition) is 4. The van der Waals surface area contributed by atoms with E-state index in [1.54, 1.807) is 0 Å². The Labute approximate surface area is 112 Å². The first-order valence-electron chi connectivity index (χ1n) is 6.40. The van der Waals surface area contributed by atoms with Crippen LogP contribution in [0.2, 0.25) is 0 Å². The normalized spacial score (nSPS) is 15.4. The van der Waals surface area contributed by atoms with Gasteiger partial charge in [0.15, 0.2) is 11.5 Å². The molecule has 1 fully saturated rings. The van der Waals surface area contributed by atoms with Crippen LogP contribution in [0, 0.1) is 18.8 Å². The first-order chi connectivity index (χ1) is 9.29. The first-order valence-corrected chi connectivity index (χ1v) is 6.40. The molecule has 0 aromatic carbocycles. The van der Waals surface area contributed by atoms with E-state index in [0.717, 1.165) is 49.2 Å². The highest BCUT2D eigenvalue weighted by Gasteiger charge is 2.17. The molecule has 5 nitrogen and oxygen atoms in total. The minimum absolute atomic E-state index is 0.740. The summed E-state index contributed by atoms with van der Waals surface area (Å²) in [6, 6.07) is 0. The highest BCUT2D eigenvalue weighted by molar-refractivity contribution is 5.66. The molecule has 19 heavy (non-hydrogen) atoms. The minimum Gasteiger partial charge on any atom is -0.378 e. The molecular formula is C14H16N4O. The third-order valence-corrected chi connectivity index (χ3v) is 3.22. The van der Waals surface area contributed by atoms with Crippen LogP contribution < -0.4 is 4.90 Å². The Bertz CT molecular complexity index is 659. The maximum Gasteiger partial charge on any atom is 0.181 e. The average molecular weight is 256 g/mol. The third-order valence-electron chi connectivity index (χ3n) is 3.22. The van der Waals surface area contributed by atoms with Gasteiger partial charge in [-0.05, 0) is 19.8 Å². The molecule has 0 atom stereocenters. The summed E-state index contributed by atoms with van der Waals surface area (Å²) >= 11 is 0. The van der Waals surface area contributed by atoms with Crippen LogP contribution in [0.5, 0.6) is 0 Å². The zero-order chi connectivity index (χ0) is 13.2. The van der Waals surface area contributed by atoms with Crippen molar-refractivity contribution < 1.29 is 4.74 Å². The second-order valence-corrected chi connectivity index (χ2v) is 4.52. The van der Waals surface area contributed by atoms with E-state index in [-0.39, 0.29) is 0 Å². The number of imidazole rings is 1. The van der Waals surface area contributed by atoms with Gasteiger partial charge in [-0.2, -0.15) is 0 Å². The summed E-state index contributed by atoms with van der Waals surface area (Å²) in [5, 5.41) is 0. The molecule has 0 amide bonds. The van der Waals surface area contributed by atoms with Gasteiger partial charge in [-0.1, -0.05) is 5.92 Å². The number of aromatic nitrogens is 3. The van der Waals surface area contributed by atoms with Crippen molar-refractivity contribution >= 4 is 11.5 Å². The lowest BCUT2D eigenvalue weighted by Crippen LogP contribution is -2.37. The lowest BCUT2D eigenvalue weighted by Gasteiger charge is -2.27. The molecule has 0 spiro atoms. The quantitative estimate of drug-likeness (QED) is 0.720. The van der Waals surface area contributed by atoms with Crippen LogP contribution in [0.25, 0.3) is 5.65 Å². The van der Waals surface area contributed by atoms with Crippen molar-refractivity contribution in [2.45, 2.75) is 13.8 Å². The van der Waals surface area contributed by atoms with E-state index in [0.29, 0.717) is 0 Å². The Morgan fingerprint density at radius 1 is 1.32 bits per heavy atom. The fourth-order valence-electron chi connectivity index (χ4n) is 2.27. The predicted molar refractivity (Wildman–Crippen MR) is 73.3 cm³/mol. The summed E-state index contributed by atoms with van der Waals surface area (Å²) < 4.78 is 7.43. The number of aryl methyl sites for hydroxylation is 1. The van der Waals surface area contributed by atoms with Crippen LogP contribution in [0.4, 0.5) is 5.82 Å². The van der Waals surface area contributed by atoms with Crippen molar-refractivity contribution in [3.63, 3.8) is 0 Å². The van der Waals surface area contributed by atoms with E-state index in [4.69, 9.17) is 4.74 Å². The van der Waals surface area contributed by atoms with Crippen LogP contribution in [-0.4, -0.2) is 40.7 Å². The molecule has 2 aromatic heterocycles. The average Bonchev–Trinajstić information content (AvgIpc) is 2.85. The molecule has 0 radical (unpaired) electrons. The number of anilines is 1. The molecule has 0 saturated carbocycles. The van der Waals surface area contributed by atoms with Crippen LogP contribution in [0.3, 0.4) is 0 Å². The van der Waals surface area contributed by atoms with Gasteiger partial charge in [0, 0.05) is 31.2 Å². The summed E-state index contributed by atoms with van der Waals surface area (Å²) in [5.74, 6) is 6.80. The van der Waals surface area contributed by atoms with Gasteiger partial charge in [-0.25, -0.2) is 9.97 Å². The molecule has 5 heteroatoms. The van der Waals surface area contributed by atoms with Gasteiger partial charge in [-0.3, -0.25) is 4.40 Å². The Kier molecular flexibility index (Phi) is 3.10. The molecule has 0 unspecified atom stereocenters. The Morgan fingerprint density at radius 2 is 2.11 bits per heavy atom. The molecule has 0 aliphatic carbocycles. The van der Waals surface area contributed by atoms with E-state index in [9.17, 15) is 0 Å². The van der Waals surface area contributed by atoms with Gasteiger partial charge in [0.05, 0.1) is 13.2 Å². The van der Waals surface area contributed by atoms with E-state index in [2.05, 4.69) is 31.1 Å². The molecular weight excluding hydrogens is 240 g/mol. The van der Waals surface area contributed by atoms with Crippen molar-refractivity contribution in [3.8, 4) is 11.8 Å². The van der Waals surface area contributed by atoms with E-state index >= 15 is 0 Å². The van der Waals surface area contributed by atoms with E-state index < -0.39 is 0 Å². The number of nitrogens with zero attached hydrogens (tertiary/aromatic N) is 4. The van der Waals surface area contributed by atoms with Gasteiger partial charge < -0.3 is 9.64 Å². The van der Waals surface area contributed by atoms with Crippen molar-refractivity contribution in [1.29, 1.82) is 0 Å². The molecule has 0 N–H and O–H groups in total. The number of ether oxygens (including phenoxy) is 1. The molecule has 1 aliphatic rings. The molecule has 3 rings (SSSR count). The van der Waals surface area contributed by atoms with E-state index in [1.165, 1.54) is 0 Å². The van der Waals surface area contributed by atoms with Crippen molar-refractivity contribution in [3.05, 3.63) is 23.8 Å². The topological polar surface area (TPSA) is 42.7 Å². The second kappa shape index (κ2) is 4.90. The number of hydrogen-bond donors (Lipinski definition) is 0. The summed E-state index contributed by atoms with van der Waals surface area (Å²) in [5.41, 5.74) is 2.72. The Balaban J connectivity index is 2.12. The SMILES string of the molecule is CC#Cc1cn2c(C)cnc(N3CCOCC3)c2n1. The van der Waals surface area contributed by atoms with Crippen LogP contribution in [0.15, 0.2) is 12.4 Å². The smallest absolute Gasteiger partial charge is 0.181 e. The van der Waals surface area contributed by atoms with Gasteiger partial charge >= 0.3 is 0 Å². The lowest BCUT2D eigenvalue weighted by atomic mass is 10.4. The molecule has 2 aromatic rings. The van der Waals surface area contributed by atoms with Crippen molar-refractivity contribution in [2.24, 2.45) is 0 Å². The van der Waals surface area contributed by atoms with Gasteiger partial charge in [0.1, 0.15) is 5.69 Å². The van der Waals surface area contributed by atoms with Crippen LogP contribution >= 0.6 is 0 Å². The monoisotopic (exact) mass is 256 g/mol. The van der Waals surface area contributed by atoms with Crippen molar-refractivity contribution in [2.75, 3.05) is 31.2 Å². The molecule has 1 saturated heterocycles. The highest BCUT2D eigenvalue weighted by Crippen LogP contribution is 2.20. The van der Waals surface area contributed by atoms with E-state index in [1.807, 2.05) is 26.2 Å². The summed E-state index contributed by atoms with van der Waals surface area (Å²) in [4.78, 5) is 11.3. The Morgan fingerprint density at radius 3 is 2.84 bits per heavy atom.